The van der Waals surface area contributed by atoms with Gasteiger partial charge >= 0.3 is 0 Å². The first-order valence-electron chi connectivity index (χ1n) is 7.82. The summed E-state index contributed by atoms with van der Waals surface area (Å²) in [6, 6.07) is 4.01. The van der Waals surface area contributed by atoms with Crippen molar-refractivity contribution in [3.8, 4) is 5.75 Å². The Morgan fingerprint density at radius 3 is 2.92 bits per heavy atom. The Hall–Kier alpha value is -2.12. The number of nitrogens with zero attached hydrogens (tertiary/aromatic N) is 4. The van der Waals surface area contributed by atoms with Crippen LogP contribution in [0.25, 0.3) is 16.6 Å². The van der Waals surface area contributed by atoms with Gasteiger partial charge in [-0.2, -0.15) is 5.10 Å². The first kappa shape index (κ1) is 15.4. The van der Waals surface area contributed by atoms with Crippen LogP contribution in [0.1, 0.15) is 18.9 Å². The number of rotatable bonds is 3. The number of methoxy groups -OCH3 is 1. The van der Waals surface area contributed by atoms with E-state index in [2.05, 4.69) is 17.2 Å². The molecule has 0 saturated carbocycles. The first-order chi connectivity index (χ1) is 11.8. The number of hydrazone groups is 1. The van der Waals surface area contributed by atoms with Crippen LogP contribution in [-0.4, -0.2) is 41.2 Å². The van der Waals surface area contributed by atoms with Gasteiger partial charge in [-0.15, -0.1) is 0 Å². The fourth-order valence-electron chi connectivity index (χ4n) is 2.89. The first-order valence-corrected chi connectivity index (χ1v) is 8.81. The lowest BCUT2D eigenvalue weighted by Crippen LogP contribution is -2.13. The molecule has 0 bridgehead atoms. The smallest absolute Gasteiger partial charge is 0.169 e. The number of hydrogen-bond acceptors (Lipinski definition) is 7. The van der Waals surface area contributed by atoms with Crippen LogP contribution in [0.3, 0.4) is 0 Å². The molecule has 124 valence electrons. The third kappa shape index (κ3) is 2.74. The highest BCUT2D eigenvalue weighted by Crippen LogP contribution is 2.33. The van der Waals surface area contributed by atoms with Crippen LogP contribution in [0.5, 0.6) is 5.75 Å². The quantitative estimate of drug-likeness (QED) is 0.853. The van der Waals surface area contributed by atoms with Crippen LogP contribution in [0, 0.1) is 0 Å². The fourth-order valence-corrected chi connectivity index (χ4v) is 3.54. The van der Waals surface area contributed by atoms with Crippen molar-refractivity contribution in [3.05, 3.63) is 30.0 Å². The standard InChI is InChI=1S/C17H18N4O2S/c1-11-20-21(10-24-11)15-9-18-16-13(12-5-7-23-8-6-12)3-4-14(22-2)17(16)19-15/h3-5,9H,6-8,10H2,1-2H3. The highest BCUT2D eigenvalue weighted by molar-refractivity contribution is 8.14. The van der Waals surface area contributed by atoms with E-state index >= 15 is 0 Å². The Labute approximate surface area is 144 Å². The molecule has 2 aliphatic rings. The van der Waals surface area contributed by atoms with E-state index in [1.54, 1.807) is 25.1 Å². The maximum Gasteiger partial charge on any atom is 0.169 e. The number of fused-ring (bicyclic) bond motifs is 1. The predicted molar refractivity (Wildman–Crippen MR) is 97.5 cm³/mol. The Kier molecular flexibility index (Phi) is 4.12. The molecule has 4 rings (SSSR count). The second-order valence-corrected chi connectivity index (χ2v) is 6.72. The van der Waals surface area contributed by atoms with Crippen molar-refractivity contribution in [2.45, 2.75) is 13.3 Å². The van der Waals surface area contributed by atoms with E-state index in [0.717, 1.165) is 52.1 Å². The largest absolute Gasteiger partial charge is 0.494 e. The molecule has 0 saturated heterocycles. The van der Waals surface area contributed by atoms with Crippen LogP contribution in [0.15, 0.2) is 29.5 Å². The van der Waals surface area contributed by atoms with E-state index in [0.29, 0.717) is 6.61 Å². The lowest BCUT2D eigenvalue weighted by Gasteiger charge is -2.17. The lowest BCUT2D eigenvalue weighted by atomic mass is 9.99. The summed E-state index contributed by atoms with van der Waals surface area (Å²) >= 11 is 1.70. The molecule has 3 heterocycles. The zero-order valence-electron chi connectivity index (χ0n) is 13.7. The summed E-state index contributed by atoms with van der Waals surface area (Å²) in [6.45, 7) is 3.38. The summed E-state index contributed by atoms with van der Waals surface area (Å²) in [5, 5.41) is 7.37. The molecular formula is C17H18N4O2S. The molecule has 24 heavy (non-hydrogen) atoms. The SMILES string of the molecule is COc1ccc(C2=CCOCC2)c2ncc(N3CSC(C)=N3)nc12. The number of benzene rings is 1. The molecule has 6 nitrogen and oxygen atoms in total. The van der Waals surface area contributed by atoms with Gasteiger partial charge in [0.15, 0.2) is 5.82 Å². The molecule has 1 aromatic carbocycles. The number of thioether (sulfide) groups is 1. The van der Waals surface area contributed by atoms with Gasteiger partial charge in [0.25, 0.3) is 0 Å². The molecular weight excluding hydrogens is 324 g/mol. The van der Waals surface area contributed by atoms with Gasteiger partial charge < -0.3 is 9.47 Å². The topological polar surface area (TPSA) is 59.8 Å². The van der Waals surface area contributed by atoms with E-state index in [1.165, 1.54) is 5.57 Å². The van der Waals surface area contributed by atoms with Gasteiger partial charge in [0, 0.05) is 5.56 Å². The van der Waals surface area contributed by atoms with Gasteiger partial charge in [0.2, 0.25) is 0 Å². The third-order valence-electron chi connectivity index (χ3n) is 4.10. The summed E-state index contributed by atoms with van der Waals surface area (Å²) in [6.07, 6.45) is 4.79. The van der Waals surface area contributed by atoms with Crippen molar-refractivity contribution in [1.29, 1.82) is 0 Å². The van der Waals surface area contributed by atoms with Crippen LogP contribution >= 0.6 is 11.8 Å². The summed E-state index contributed by atoms with van der Waals surface area (Å²) in [4.78, 5) is 9.47. The Morgan fingerprint density at radius 2 is 2.21 bits per heavy atom. The van der Waals surface area contributed by atoms with Gasteiger partial charge in [-0.3, -0.25) is 0 Å². The Morgan fingerprint density at radius 1 is 1.29 bits per heavy atom. The normalized spacial score (nSPS) is 17.8. The number of ether oxygens (including phenoxy) is 2. The van der Waals surface area contributed by atoms with E-state index in [4.69, 9.17) is 19.4 Å². The van der Waals surface area contributed by atoms with Gasteiger partial charge in [-0.25, -0.2) is 15.0 Å². The minimum atomic E-state index is 0.646. The lowest BCUT2D eigenvalue weighted by molar-refractivity contribution is 0.161. The van der Waals surface area contributed by atoms with Crippen molar-refractivity contribution in [3.63, 3.8) is 0 Å². The zero-order chi connectivity index (χ0) is 16.5. The maximum atomic E-state index is 5.50. The molecule has 0 aliphatic carbocycles. The molecule has 1 aromatic heterocycles. The van der Waals surface area contributed by atoms with Crippen molar-refractivity contribution >= 4 is 39.2 Å². The predicted octanol–water partition coefficient (Wildman–Crippen LogP) is 3.29. The molecule has 0 unspecified atom stereocenters. The van der Waals surface area contributed by atoms with Crippen LogP contribution in [0.2, 0.25) is 0 Å². The average Bonchev–Trinajstić information content (AvgIpc) is 3.07. The van der Waals surface area contributed by atoms with Crippen LogP contribution in [-0.2, 0) is 4.74 Å². The van der Waals surface area contributed by atoms with Gasteiger partial charge in [-0.1, -0.05) is 17.8 Å². The second kappa shape index (κ2) is 6.41. The molecule has 0 spiro atoms. The number of anilines is 1. The summed E-state index contributed by atoms with van der Waals surface area (Å²) in [7, 11) is 1.66. The van der Waals surface area contributed by atoms with Gasteiger partial charge in [0.05, 0.1) is 37.4 Å². The number of aromatic nitrogens is 2. The zero-order valence-corrected chi connectivity index (χ0v) is 14.5. The Bertz CT molecular complexity index is 850. The average molecular weight is 342 g/mol. The van der Waals surface area contributed by atoms with Crippen LogP contribution < -0.4 is 9.75 Å². The summed E-state index contributed by atoms with van der Waals surface area (Å²) in [5.74, 6) is 2.22. The molecule has 0 fully saturated rings. The summed E-state index contributed by atoms with van der Waals surface area (Å²) in [5.41, 5.74) is 3.98. The van der Waals surface area contributed by atoms with Gasteiger partial charge in [0.1, 0.15) is 16.8 Å². The van der Waals surface area contributed by atoms with Crippen molar-refractivity contribution < 1.29 is 9.47 Å². The number of hydrogen-bond donors (Lipinski definition) is 0. The minimum Gasteiger partial charge on any atom is -0.494 e. The molecule has 0 radical (unpaired) electrons. The molecule has 0 N–H and O–H groups in total. The minimum absolute atomic E-state index is 0.646. The highest BCUT2D eigenvalue weighted by Gasteiger charge is 2.19. The van der Waals surface area contributed by atoms with Crippen LogP contribution in [0.4, 0.5) is 5.82 Å². The van der Waals surface area contributed by atoms with E-state index in [9.17, 15) is 0 Å². The van der Waals surface area contributed by atoms with Gasteiger partial charge in [-0.05, 0) is 31.1 Å². The third-order valence-corrected chi connectivity index (χ3v) is 4.97. The fraction of sp³-hybridized carbons (Fsp3) is 0.353. The van der Waals surface area contributed by atoms with Crippen molar-refractivity contribution in [2.24, 2.45) is 5.10 Å². The highest BCUT2D eigenvalue weighted by atomic mass is 32.2. The monoisotopic (exact) mass is 342 g/mol. The van der Waals surface area contributed by atoms with Crippen molar-refractivity contribution in [1.82, 2.24) is 9.97 Å². The Balaban J connectivity index is 1.84. The summed E-state index contributed by atoms with van der Waals surface area (Å²) < 4.78 is 10.9. The van der Waals surface area contributed by atoms with E-state index < -0.39 is 0 Å². The molecule has 2 aliphatic heterocycles. The molecule has 0 amide bonds. The van der Waals surface area contributed by atoms with E-state index in [-0.39, 0.29) is 0 Å². The van der Waals surface area contributed by atoms with E-state index in [1.807, 2.05) is 18.0 Å². The molecule has 2 aromatic rings. The second-order valence-electron chi connectivity index (χ2n) is 5.59. The van der Waals surface area contributed by atoms with Crippen molar-refractivity contribution in [2.75, 3.05) is 31.2 Å². The maximum absolute atomic E-state index is 5.50. The molecule has 7 heteroatoms. The molecule has 0 atom stereocenters.